The van der Waals surface area contributed by atoms with Gasteiger partial charge in [-0.25, -0.2) is 0 Å². The number of unbranched alkanes of at least 4 members (excludes halogenated alkanes) is 2. The van der Waals surface area contributed by atoms with Crippen molar-refractivity contribution in [1.29, 1.82) is 0 Å². The maximum atomic E-state index is 2.49. The Morgan fingerprint density at radius 3 is 2.31 bits per heavy atom. The first-order chi connectivity index (χ1) is 7.70. The minimum atomic E-state index is 0.993. The first kappa shape index (κ1) is 14.1. The molecule has 0 spiro atoms. The van der Waals surface area contributed by atoms with Crippen LogP contribution in [0.3, 0.4) is 0 Å². The van der Waals surface area contributed by atoms with Gasteiger partial charge in [-0.1, -0.05) is 78.6 Å². The molecule has 0 bridgehead atoms. The van der Waals surface area contributed by atoms with E-state index in [0.717, 1.165) is 11.8 Å². The number of rotatable bonds is 7. The Hall–Kier alpha value is 0. The third-order valence-corrected chi connectivity index (χ3v) is 4.29. The van der Waals surface area contributed by atoms with Gasteiger partial charge in [0, 0.05) is 0 Å². The van der Waals surface area contributed by atoms with Gasteiger partial charge in [0.05, 0.1) is 0 Å². The van der Waals surface area contributed by atoms with Crippen molar-refractivity contribution in [2.24, 2.45) is 11.8 Å². The monoisotopic (exact) mass is 223 g/mol. The Kier molecular flexibility index (Phi) is 7.16. The Balaban J connectivity index is 1.98. The third-order valence-electron chi connectivity index (χ3n) is 4.29. The zero-order valence-corrected chi connectivity index (χ0v) is 11.7. The lowest BCUT2D eigenvalue weighted by molar-refractivity contribution is 0.247. The highest BCUT2D eigenvalue weighted by atomic mass is 14.2. The van der Waals surface area contributed by atoms with Crippen LogP contribution in [0.15, 0.2) is 0 Å². The van der Waals surface area contributed by atoms with Crippen LogP contribution in [0.25, 0.3) is 0 Å². The summed E-state index contributed by atoms with van der Waals surface area (Å²) in [7, 11) is 0. The quantitative estimate of drug-likeness (QED) is 0.481. The largest absolute Gasteiger partial charge is 0.0622 e. The molecule has 0 heterocycles. The van der Waals surface area contributed by atoms with Crippen LogP contribution in [0.5, 0.6) is 0 Å². The summed E-state index contributed by atoms with van der Waals surface area (Å²) in [6, 6.07) is 0. The van der Waals surface area contributed by atoms with Gasteiger partial charge in [0.1, 0.15) is 0 Å². The molecule has 0 heteroatoms. The summed E-state index contributed by atoms with van der Waals surface area (Å²) in [5.74, 6) is 3.65. The van der Waals surface area contributed by atoms with Crippen LogP contribution in [0.4, 0.5) is 0 Å². The molecule has 1 radical (unpaired) electrons. The molecule has 95 valence electrons. The van der Waals surface area contributed by atoms with Crippen LogP contribution in [0.1, 0.15) is 85.0 Å². The second kappa shape index (κ2) is 8.14. The Bertz CT molecular complexity index is 153. The minimum Gasteiger partial charge on any atom is -0.0622 e. The molecule has 1 atom stereocenters. The van der Waals surface area contributed by atoms with E-state index in [1.165, 1.54) is 64.2 Å². The van der Waals surface area contributed by atoms with E-state index in [9.17, 15) is 0 Å². The molecular weight excluding hydrogens is 192 g/mol. The molecule has 0 amide bonds. The fourth-order valence-electron chi connectivity index (χ4n) is 3.06. The molecule has 16 heavy (non-hydrogen) atoms. The van der Waals surface area contributed by atoms with Gasteiger partial charge in [0.2, 0.25) is 0 Å². The molecule has 1 unspecified atom stereocenters. The second-order valence-electron chi connectivity index (χ2n) is 6.18. The van der Waals surface area contributed by atoms with Crippen LogP contribution in [0, 0.1) is 17.8 Å². The molecule has 0 N–H and O–H groups in total. The fourth-order valence-corrected chi connectivity index (χ4v) is 3.06. The molecular formula is C16H31. The van der Waals surface area contributed by atoms with E-state index >= 15 is 0 Å². The van der Waals surface area contributed by atoms with Crippen molar-refractivity contribution in [3.05, 3.63) is 5.92 Å². The van der Waals surface area contributed by atoms with Crippen molar-refractivity contribution in [3.63, 3.8) is 0 Å². The highest BCUT2D eigenvalue weighted by molar-refractivity contribution is 4.76. The highest BCUT2D eigenvalue weighted by Gasteiger charge is 2.19. The first-order valence-corrected chi connectivity index (χ1v) is 7.49. The second-order valence-corrected chi connectivity index (χ2v) is 6.18. The van der Waals surface area contributed by atoms with Crippen LogP contribution >= 0.6 is 0 Å². The van der Waals surface area contributed by atoms with Gasteiger partial charge in [-0.05, 0) is 24.2 Å². The maximum Gasteiger partial charge on any atom is -0.0303 e. The van der Waals surface area contributed by atoms with Crippen molar-refractivity contribution in [1.82, 2.24) is 0 Å². The average Bonchev–Trinajstić information content (AvgIpc) is 2.29. The molecule has 0 saturated heterocycles. The SMILES string of the molecule is C[C](C)CCCCCC(C)C1CCCCC1. The number of hydrogen-bond donors (Lipinski definition) is 0. The minimum absolute atomic E-state index is 0.993. The molecule has 1 aliphatic carbocycles. The summed E-state index contributed by atoms with van der Waals surface area (Å²) < 4.78 is 0. The molecule has 0 aromatic carbocycles. The third kappa shape index (κ3) is 5.92. The Labute approximate surface area is 103 Å². The van der Waals surface area contributed by atoms with E-state index in [-0.39, 0.29) is 0 Å². The summed E-state index contributed by atoms with van der Waals surface area (Å²) >= 11 is 0. The molecule has 1 rings (SSSR count). The van der Waals surface area contributed by atoms with Gasteiger partial charge in [-0.15, -0.1) is 0 Å². The zero-order chi connectivity index (χ0) is 11.8. The van der Waals surface area contributed by atoms with E-state index < -0.39 is 0 Å². The van der Waals surface area contributed by atoms with E-state index in [1.807, 2.05) is 0 Å². The molecule has 1 aliphatic rings. The Morgan fingerprint density at radius 2 is 1.69 bits per heavy atom. The summed E-state index contributed by atoms with van der Waals surface area (Å²) in [6.45, 7) is 7.00. The maximum absolute atomic E-state index is 2.49. The first-order valence-electron chi connectivity index (χ1n) is 7.49. The lowest BCUT2D eigenvalue weighted by atomic mass is 9.79. The van der Waals surface area contributed by atoms with Crippen LogP contribution in [0.2, 0.25) is 0 Å². The van der Waals surface area contributed by atoms with Gasteiger partial charge >= 0.3 is 0 Å². The normalized spacial score (nSPS) is 20.2. The van der Waals surface area contributed by atoms with Crippen molar-refractivity contribution in [3.8, 4) is 0 Å². The summed E-state index contributed by atoms with van der Waals surface area (Å²) in [6.07, 6.45) is 14.7. The molecule has 0 aromatic rings. The van der Waals surface area contributed by atoms with Gasteiger partial charge < -0.3 is 0 Å². The van der Waals surface area contributed by atoms with Crippen molar-refractivity contribution in [2.45, 2.75) is 85.0 Å². The van der Waals surface area contributed by atoms with E-state index in [2.05, 4.69) is 20.8 Å². The van der Waals surface area contributed by atoms with Gasteiger partial charge in [-0.2, -0.15) is 0 Å². The van der Waals surface area contributed by atoms with E-state index in [0.29, 0.717) is 0 Å². The van der Waals surface area contributed by atoms with Crippen molar-refractivity contribution >= 4 is 0 Å². The molecule has 0 nitrogen and oxygen atoms in total. The lowest BCUT2D eigenvalue weighted by Gasteiger charge is -2.27. The summed E-state index contributed by atoms with van der Waals surface area (Å²) in [5.41, 5.74) is 0. The highest BCUT2D eigenvalue weighted by Crippen LogP contribution is 2.32. The van der Waals surface area contributed by atoms with Gasteiger partial charge in [-0.3, -0.25) is 0 Å². The fraction of sp³-hybridized carbons (Fsp3) is 0.938. The van der Waals surface area contributed by atoms with Gasteiger partial charge in [0.15, 0.2) is 0 Å². The van der Waals surface area contributed by atoms with Crippen LogP contribution in [-0.2, 0) is 0 Å². The molecule has 0 aliphatic heterocycles. The molecule has 1 fully saturated rings. The molecule has 0 aromatic heterocycles. The van der Waals surface area contributed by atoms with Crippen molar-refractivity contribution < 1.29 is 0 Å². The van der Waals surface area contributed by atoms with Crippen LogP contribution < -0.4 is 0 Å². The average molecular weight is 223 g/mol. The number of hydrogen-bond acceptors (Lipinski definition) is 0. The predicted molar refractivity (Wildman–Crippen MR) is 73.4 cm³/mol. The molecule has 1 saturated carbocycles. The lowest BCUT2D eigenvalue weighted by Crippen LogP contribution is -2.15. The van der Waals surface area contributed by atoms with Crippen LogP contribution in [-0.4, -0.2) is 0 Å². The van der Waals surface area contributed by atoms with E-state index in [4.69, 9.17) is 0 Å². The zero-order valence-electron chi connectivity index (χ0n) is 11.7. The predicted octanol–water partition coefficient (Wildman–Crippen LogP) is 5.77. The Morgan fingerprint density at radius 1 is 1.00 bits per heavy atom. The summed E-state index contributed by atoms with van der Waals surface area (Å²) in [4.78, 5) is 0. The topological polar surface area (TPSA) is 0 Å². The summed E-state index contributed by atoms with van der Waals surface area (Å²) in [5, 5.41) is 0. The van der Waals surface area contributed by atoms with Gasteiger partial charge in [0.25, 0.3) is 0 Å². The van der Waals surface area contributed by atoms with Crippen molar-refractivity contribution in [2.75, 3.05) is 0 Å². The standard InChI is InChI=1S/C16H31/c1-14(2)10-6-4-7-11-15(3)16-12-8-5-9-13-16/h15-16H,4-13H2,1-3H3. The smallest absolute Gasteiger partial charge is 0.0303 e. The van der Waals surface area contributed by atoms with E-state index in [1.54, 1.807) is 5.92 Å².